The highest BCUT2D eigenvalue weighted by atomic mass is 32.2. The minimum absolute atomic E-state index is 0.142. The van der Waals surface area contributed by atoms with Crippen LogP contribution in [-0.4, -0.2) is 26.3 Å². The molecule has 1 aromatic heterocycles. The number of aromatic nitrogens is 2. The Morgan fingerprint density at radius 2 is 2.14 bits per heavy atom. The van der Waals surface area contributed by atoms with E-state index < -0.39 is 10.8 Å². The molecule has 8 heteroatoms. The first-order valence-corrected chi connectivity index (χ1v) is 7.62. The van der Waals surface area contributed by atoms with Gasteiger partial charge in [0.1, 0.15) is 11.7 Å². The maximum absolute atomic E-state index is 11.5. The summed E-state index contributed by atoms with van der Waals surface area (Å²) in [5, 5.41) is 10.3. The Bertz CT molecular complexity index is 669. The van der Waals surface area contributed by atoms with E-state index in [1.165, 1.54) is 6.20 Å². The van der Waals surface area contributed by atoms with Crippen LogP contribution in [0.15, 0.2) is 29.3 Å². The Balaban J connectivity index is 2.26. The Labute approximate surface area is 124 Å². The number of hydrogen-bond donors (Lipinski definition) is 4. The molecular weight excluding hydrogens is 288 g/mol. The van der Waals surface area contributed by atoms with Gasteiger partial charge in [-0.2, -0.15) is 4.98 Å². The van der Waals surface area contributed by atoms with Crippen molar-refractivity contribution >= 4 is 34.1 Å². The molecule has 6 N–H and O–H groups in total. The zero-order chi connectivity index (χ0) is 15.6. The summed E-state index contributed by atoms with van der Waals surface area (Å²) in [6.45, 7) is 1.88. The van der Waals surface area contributed by atoms with E-state index in [0.717, 1.165) is 16.1 Å². The van der Waals surface area contributed by atoms with E-state index >= 15 is 0 Å². The summed E-state index contributed by atoms with van der Waals surface area (Å²) in [7, 11) is -1.02. The molecule has 7 nitrogen and oxygen atoms in total. The molecule has 1 heterocycles. The molecule has 1 aromatic carbocycles. The topological polar surface area (TPSA) is 131 Å². The highest BCUT2D eigenvalue weighted by Crippen LogP contribution is 2.20. The number of rotatable bonds is 4. The Kier molecular flexibility index (Phi) is 4.18. The molecular formula is C13H16N6OS. The average molecular weight is 304 g/mol. The molecule has 0 radical (unpaired) electrons. The lowest BCUT2D eigenvalue weighted by molar-refractivity contribution is 0.686. The van der Waals surface area contributed by atoms with Crippen LogP contribution in [0.4, 0.5) is 17.5 Å². The maximum Gasteiger partial charge on any atom is 0.229 e. The third-order valence-corrected chi connectivity index (χ3v) is 3.93. The number of nitrogens with two attached hydrogens (primary N) is 2. The van der Waals surface area contributed by atoms with Gasteiger partial charge in [-0.3, -0.25) is 9.62 Å². The second-order valence-corrected chi connectivity index (χ2v) is 5.81. The van der Waals surface area contributed by atoms with Crippen LogP contribution in [0.5, 0.6) is 0 Å². The van der Waals surface area contributed by atoms with E-state index in [1.54, 1.807) is 18.4 Å². The second-order valence-electron chi connectivity index (χ2n) is 4.47. The minimum Gasteiger partial charge on any atom is -0.384 e. The zero-order valence-corrected chi connectivity index (χ0v) is 12.5. The number of nitrogens with zero attached hydrogens (tertiary/aromatic N) is 2. The molecule has 110 valence electrons. The normalized spacial score (nSPS) is 11.9. The van der Waals surface area contributed by atoms with Crippen LogP contribution >= 0.6 is 0 Å². The van der Waals surface area contributed by atoms with Gasteiger partial charge in [-0.1, -0.05) is 0 Å². The van der Waals surface area contributed by atoms with Crippen LogP contribution < -0.4 is 16.8 Å². The monoisotopic (exact) mass is 304 g/mol. The first-order chi connectivity index (χ1) is 9.88. The second kappa shape index (κ2) is 5.88. The van der Waals surface area contributed by atoms with Crippen molar-refractivity contribution in [1.82, 2.24) is 9.97 Å². The third-order valence-electron chi connectivity index (χ3n) is 2.85. The van der Waals surface area contributed by atoms with E-state index in [0.29, 0.717) is 11.5 Å². The van der Waals surface area contributed by atoms with Crippen LogP contribution in [0.1, 0.15) is 11.1 Å². The number of aryl methyl sites for hydroxylation is 1. The Morgan fingerprint density at radius 1 is 1.43 bits per heavy atom. The summed E-state index contributed by atoms with van der Waals surface area (Å²) >= 11 is 0. The van der Waals surface area contributed by atoms with Crippen LogP contribution in [-0.2, 0) is 10.8 Å². The van der Waals surface area contributed by atoms with Crippen molar-refractivity contribution in [3.63, 3.8) is 0 Å². The van der Waals surface area contributed by atoms with Crippen molar-refractivity contribution in [1.29, 1.82) is 5.41 Å². The SMILES string of the molecule is Cc1cc(Nc2ncc(C(=N)N)c(N)n2)ccc1S(C)=O. The molecule has 0 bridgehead atoms. The molecule has 0 spiro atoms. The molecule has 2 rings (SSSR count). The smallest absolute Gasteiger partial charge is 0.229 e. The van der Waals surface area contributed by atoms with Crippen molar-refractivity contribution in [3.05, 3.63) is 35.5 Å². The van der Waals surface area contributed by atoms with Crippen molar-refractivity contribution < 1.29 is 4.21 Å². The van der Waals surface area contributed by atoms with Crippen LogP contribution in [0, 0.1) is 12.3 Å². The van der Waals surface area contributed by atoms with Crippen molar-refractivity contribution in [2.75, 3.05) is 17.3 Å². The molecule has 0 fully saturated rings. The number of amidine groups is 1. The standard InChI is InChI=1S/C13H16N6OS/c1-7-5-8(3-4-10(7)21(2)20)18-13-17-6-9(11(14)15)12(16)19-13/h3-6H,1-2H3,(H3,14,15)(H3,16,17,18,19). The van der Waals surface area contributed by atoms with Gasteiger partial charge in [-0.05, 0) is 30.7 Å². The summed E-state index contributed by atoms with van der Waals surface area (Å²) in [5.41, 5.74) is 13.0. The van der Waals surface area contributed by atoms with Crippen molar-refractivity contribution in [2.45, 2.75) is 11.8 Å². The van der Waals surface area contributed by atoms with Crippen molar-refractivity contribution in [2.24, 2.45) is 5.73 Å². The summed E-state index contributed by atoms with van der Waals surface area (Å²) < 4.78 is 11.5. The lowest BCUT2D eigenvalue weighted by Crippen LogP contribution is -2.15. The lowest BCUT2D eigenvalue weighted by Gasteiger charge is -2.09. The molecule has 0 aliphatic rings. The molecule has 0 saturated carbocycles. The molecule has 2 aromatic rings. The van der Waals surface area contributed by atoms with Gasteiger partial charge in [0.25, 0.3) is 0 Å². The van der Waals surface area contributed by atoms with Gasteiger partial charge in [0.15, 0.2) is 0 Å². The van der Waals surface area contributed by atoms with Gasteiger partial charge in [-0.15, -0.1) is 0 Å². The van der Waals surface area contributed by atoms with Crippen LogP contribution in [0.2, 0.25) is 0 Å². The summed E-state index contributed by atoms with van der Waals surface area (Å²) in [6.07, 6.45) is 3.04. The predicted octanol–water partition coefficient (Wildman–Crippen LogP) is 1.13. The van der Waals surface area contributed by atoms with E-state index in [4.69, 9.17) is 16.9 Å². The Hall–Kier alpha value is -2.48. The molecule has 0 aliphatic heterocycles. The van der Waals surface area contributed by atoms with E-state index in [9.17, 15) is 4.21 Å². The fraction of sp³-hybridized carbons (Fsp3) is 0.154. The Morgan fingerprint density at radius 3 is 2.67 bits per heavy atom. The van der Waals surface area contributed by atoms with Crippen LogP contribution in [0.25, 0.3) is 0 Å². The molecule has 1 unspecified atom stereocenters. The first-order valence-electron chi connectivity index (χ1n) is 6.06. The number of benzene rings is 1. The number of hydrogen-bond acceptors (Lipinski definition) is 6. The van der Waals surface area contributed by atoms with Crippen molar-refractivity contribution in [3.8, 4) is 0 Å². The fourth-order valence-electron chi connectivity index (χ4n) is 1.84. The van der Waals surface area contributed by atoms with E-state index in [1.807, 2.05) is 13.0 Å². The van der Waals surface area contributed by atoms with E-state index in [-0.39, 0.29) is 11.7 Å². The molecule has 0 amide bonds. The first kappa shape index (κ1) is 14.9. The lowest BCUT2D eigenvalue weighted by atomic mass is 10.2. The number of nitrogen functional groups attached to an aromatic ring is 2. The van der Waals surface area contributed by atoms with Gasteiger partial charge >= 0.3 is 0 Å². The fourth-order valence-corrected chi connectivity index (χ4v) is 2.61. The highest BCUT2D eigenvalue weighted by Gasteiger charge is 2.08. The zero-order valence-electron chi connectivity index (χ0n) is 11.7. The maximum atomic E-state index is 11.5. The summed E-state index contributed by atoms with van der Waals surface area (Å²) in [5.74, 6) is 0.273. The summed E-state index contributed by atoms with van der Waals surface area (Å²) in [4.78, 5) is 8.90. The molecule has 21 heavy (non-hydrogen) atoms. The average Bonchev–Trinajstić information content (AvgIpc) is 2.37. The largest absolute Gasteiger partial charge is 0.384 e. The number of nitrogens with one attached hydrogen (secondary N) is 2. The predicted molar refractivity (Wildman–Crippen MR) is 84.3 cm³/mol. The summed E-state index contributed by atoms with van der Waals surface area (Å²) in [6, 6.07) is 5.44. The van der Waals surface area contributed by atoms with E-state index in [2.05, 4.69) is 15.3 Å². The van der Waals surface area contributed by atoms with Gasteiger partial charge in [-0.25, -0.2) is 4.98 Å². The highest BCUT2D eigenvalue weighted by molar-refractivity contribution is 7.84. The molecule has 1 atom stereocenters. The van der Waals surface area contributed by atoms with Gasteiger partial charge in [0, 0.05) is 23.0 Å². The molecule has 0 saturated heterocycles. The molecule has 0 aliphatic carbocycles. The van der Waals surface area contributed by atoms with Gasteiger partial charge in [0.2, 0.25) is 5.95 Å². The van der Waals surface area contributed by atoms with Gasteiger partial charge in [0.05, 0.1) is 16.4 Å². The number of anilines is 3. The third kappa shape index (κ3) is 3.34. The minimum atomic E-state index is -1.02. The quantitative estimate of drug-likeness (QED) is 0.495. The van der Waals surface area contributed by atoms with Gasteiger partial charge < -0.3 is 16.8 Å². The van der Waals surface area contributed by atoms with Crippen LogP contribution in [0.3, 0.4) is 0 Å².